The molecule has 0 fully saturated rings. The fraction of sp³-hybridized carbons (Fsp3) is 0.238. The number of rotatable bonds is 8. The Kier molecular flexibility index (Phi) is 7.75. The first-order valence-corrected chi connectivity index (χ1v) is 9.04. The van der Waals surface area contributed by atoms with Crippen LogP contribution in [0.1, 0.15) is 18.5 Å². The zero-order valence-electron chi connectivity index (χ0n) is 16.6. The number of nitrogens with zero attached hydrogens (tertiary/aromatic N) is 1. The summed E-state index contributed by atoms with van der Waals surface area (Å²) in [6, 6.07) is 11.9. The standard InChI is InChI=1S/C21H22ClN3O4/c1-13(14-5-7-19(28-3)20(9-14)29-4)25-21(26)15(11-23)12-24-16-6-8-18(27-2)17(22)10-16/h5-10,12-13,24H,1-4H3,(H,25,26)/b15-12-. The van der Waals surface area contributed by atoms with Crippen molar-refractivity contribution < 1.29 is 19.0 Å². The van der Waals surface area contributed by atoms with Crippen molar-refractivity contribution in [3.05, 3.63) is 58.8 Å². The number of anilines is 1. The number of ether oxygens (including phenoxy) is 3. The number of hydrogen-bond acceptors (Lipinski definition) is 6. The molecule has 2 aromatic carbocycles. The smallest absolute Gasteiger partial charge is 0.263 e. The van der Waals surface area contributed by atoms with Gasteiger partial charge in [0.1, 0.15) is 17.4 Å². The van der Waals surface area contributed by atoms with Crippen LogP contribution in [-0.2, 0) is 4.79 Å². The summed E-state index contributed by atoms with van der Waals surface area (Å²) in [6.45, 7) is 1.81. The molecule has 2 rings (SSSR count). The van der Waals surface area contributed by atoms with Gasteiger partial charge in [-0.2, -0.15) is 5.26 Å². The van der Waals surface area contributed by atoms with E-state index >= 15 is 0 Å². The summed E-state index contributed by atoms with van der Waals surface area (Å²) in [5.74, 6) is 1.17. The first-order valence-electron chi connectivity index (χ1n) is 8.66. The van der Waals surface area contributed by atoms with E-state index in [1.807, 2.05) is 19.1 Å². The predicted molar refractivity (Wildman–Crippen MR) is 111 cm³/mol. The van der Waals surface area contributed by atoms with Gasteiger partial charge in [-0.15, -0.1) is 0 Å². The molecule has 2 N–H and O–H groups in total. The Morgan fingerprint density at radius 3 is 2.31 bits per heavy atom. The van der Waals surface area contributed by atoms with Crippen LogP contribution in [0.3, 0.4) is 0 Å². The second kappa shape index (κ2) is 10.2. The zero-order chi connectivity index (χ0) is 21.4. The van der Waals surface area contributed by atoms with Crippen molar-refractivity contribution in [3.63, 3.8) is 0 Å². The maximum atomic E-state index is 12.5. The fourth-order valence-corrected chi connectivity index (χ4v) is 2.80. The van der Waals surface area contributed by atoms with Gasteiger partial charge in [-0.25, -0.2) is 0 Å². The highest BCUT2D eigenvalue weighted by Gasteiger charge is 2.15. The molecule has 2 aromatic rings. The SMILES string of the molecule is COc1ccc(N/C=C(/C#N)C(=O)NC(C)c2ccc(OC)c(OC)c2)cc1Cl. The average molecular weight is 416 g/mol. The van der Waals surface area contributed by atoms with Crippen molar-refractivity contribution in [2.75, 3.05) is 26.6 Å². The van der Waals surface area contributed by atoms with E-state index in [4.69, 9.17) is 25.8 Å². The minimum absolute atomic E-state index is 0.0794. The van der Waals surface area contributed by atoms with Gasteiger partial charge in [-0.05, 0) is 42.8 Å². The third-order valence-electron chi connectivity index (χ3n) is 4.16. The van der Waals surface area contributed by atoms with Crippen molar-refractivity contribution in [3.8, 4) is 23.3 Å². The lowest BCUT2D eigenvalue weighted by molar-refractivity contribution is -0.117. The highest BCUT2D eigenvalue weighted by atomic mass is 35.5. The molecule has 0 spiro atoms. The van der Waals surface area contributed by atoms with Crippen molar-refractivity contribution in [2.45, 2.75) is 13.0 Å². The number of benzene rings is 2. The van der Waals surface area contributed by atoms with E-state index < -0.39 is 5.91 Å². The molecule has 0 bridgehead atoms. The average Bonchev–Trinajstić information content (AvgIpc) is 2.73. The molecule has 0 saturated heterocycles. The minimum Gasteiger partial charge on any atom is -0.495 e. The van der Waals surface area contributed by atoms with Crippen LogP contribution in [0.4, 0.5) is 5.69 Å². The Morgan fingerprint density at radius 1 is 1.07 bits per heavy atom. The Labute approximate surface area is 174 Å². The molecule has 29 heavy (non-hydrogen) atoms. The van der Waals surface area contributed by atoms with Crippen LogP contribution in [0.5, 0.6) is 17.2 Å². The number of hydrogen-bond donors (Lipinski definition) is 2. The highest BCUT2D eigenvalue weighted by Crippen LogP contribution is 2.30. The Hall–Kier alpha value is -3.37. The number of nitrogens with one attached hydrogen (secondary N) is 2. The monoisotopic (exact) mass is 415 g/mol. The first kappa shape index (κ1) is 21.9. The van der Waals surface area contributed by atoms with Crippen molar-refractivity contribution in [2.24, 2.45) is 0 Å². The van der Waals surface area contributed by atoms with E-state index in [0.29, 0.717) is 28.0 Å². The van der Waals surface area contributed by atoms with Gasteiger partial charge >= 0.3 is 0 Å². The molecule has 0 aliphatic heterocycles. The lowest BCUT2D eigenvalue weighted by Crippen LogP contribution is -2.28. The third kappa shape index (κ3) is 5.56. The molecule has 0 radical (unpaired) electrons. The Morgan fingerprint density at radius 2 is 1.72 bits per heavy atom. The lowest BCUT2D eigenvalue weighted by atomic mass is 10.1. The van der Waals surface area contributed by atoms with Crippen LogP contribution in [0.15, 0.2) is 48.2 Å². The highest BCUT2D eigenvalue weighted by molar-refractivity contribution is 6.32. The predicted octanol–water partition coefficient (Wildman–Crippen LogP) is 4.06. The second-order valence-corrected chi connectivity index (χ2v) is 6.38. The molecular formula is C21H22ClN3O4. The topological polar surface area (TPSA) is 92.6 Å². The van der Waals surface area contributed by atoms with Gasteiger partial charge in [0.2, 0.25) is 0 Å². The van der Waals surface area contributed by atoms with Crippen LogP contribution in [0.25, 0.3) is 0 Å². The van der Waals surface area contributed by atoms with Gasteiger partial charge in [0.15, 0.2) is 11.5 Å². The summed E-state index contributed by atoms with van der Waals surface area (Å²) in [6.07, 6.45) is 1.33. The number of nitriles is 1. The van der Waals surface area contributed by atoms with E-state index in [-0.39, 0.29) is 11.6 Å². The summed E-state index contributed by atoms with van der Waals surface area (Å²) in [5.41, 5.74) is 1.34. The summed E-state index contributed by atoms with van der Waals surface area (Å²) >= 11 is 6.08. The molecule has 152 valence electrons. The van der Waals surface area contributed by atoms with Crippen LogP contribution in [0.2, 0.25) is 5.02 Å². The van der Waals surface area contributed by atoms with Crippen LogP contribution in [0, 0.1) is 11.3 Å². The van der Waals surface area contributed by atoms with Gasteiger partial charge < -0.3 is 24.8 Å². The largest absolute Gasteiger partial charge is 0.495 e. The Bertz CT molecular complexity index is 953. The maximum absolute atomic E-state index is 12.5. The molecule has 0 heterocycles. The van der Waals surface area contributed by atoms with Crippen molar-refractivity contribution in [1.29, 1.82) is 5.26 Å². The van der Waals surface area contributed by atoms with Crippen LogP contribution < -0.4 is 24.8 Å². The quantitative estimate of drug-likeness (QED) is 0.499. The Balaban J connectivity index is 2.10. The summed E-state index contributed by atoms with van der Waals surface area (Å²) < 4.78 is 15.6. The van der Waals surface area contributed by atoms with Crippen LogP contribution in [-0.4, -0.2) is 27.2 Å². The fourth-order valence-electron chi connectivity index (χ4n) is 2.54. The second-order valence-electron chi connectivity index (χ2n) is 5.97. The molecule has 0 saturated carbocycles. The molecule has 8 heteroatoms. The van der Waals surface area contributed by atoms with Crippen molar-refractivity contribution in [1.82, 2.24) is 5.32 Å². The number of carbonyl (C=O) groups is 1. The molecule has 1 amide bonds. The molecule has 1 atom stereocenters. The molecule has 0 aliphatic rings. The summed E-state index contributed by atoms with van der Waals surface area (Å²) in [5, 5.41) is 15.4. The van der Waals surface area contributed by atoms with Gasteiger partial charge in [-0.3, -0.25) is 4.79 Å². The number of amides is 1. The first-order chi connectivity index (χ1) is 13.9. The van der Waals surface area contributed by atoms with E-state index in [9.17, 15) is 10.1 Å². The number of carbonyl (C=O) groups excluding carboxylic acids is 1. The summed E-state index contributed by atoms with van der Waals surface area (Å²) in [4.78, 5) is 12.5. The van der Waals surface area contributed by atoms with E-state index in [2.05, 4.69) is 10.6 Å². The third-order valence-corrected chi connectivity index (χ3v) is 4.45. The lowest BCUT2D eigenvalue weighted by Gasteiger charge is -2.16. The zero-order valence-corrected chi connectivity index (χ0v) is 17.3. The number of halogens is 1. The normalized spacial score (nSPS) is 11.8. The number of methoxy groups -OCH3 is 3. The van der Waals surface area contributed by atoms with E-state index in [0.717, 1.165) is 5.56 Å². The van der Waals surface area contributed by atoms with Crippen molar-refractivity contribution >= 4 is 23.2 Å². The van der Waals surface area contributed by atoms with Gasteiger partial charge in [0.05, 0.1) is 32.4 Å². The molecule has 0 aliphatic carbocycles. The van der Waals surface area contributed by atoms with Gasteiger partial charge in [0, 0.05) is 11.9 Å². The maximum Gasteiger partial charge on any atom is 0.263 e. The molecule has 1 unspecified atom stereocenters. The minimum atomic E-state index is -0.512. The van der Waals surface area contributed by atoms with Gasteiger partial charge in [0.25, 0.3) is 5.91 Å². The summed E-state index contributed by atoms with van der Waals surface area (Å²) in [7, 11) is 4.61. The molecular weight excluding hydrogens is 394 g/mol. The van der Waals surface area contributed by atoms with Gasteiger partial charge in [-0.1, -0.05) is 17.7 Å². The van der Waals surface area contributed by atoms with E-state index in [1.165, 1.54) is 13.3 Å². The molecule has 0 aromatic heterocycles. The van der Waals surface area contributed by atoms with Crippen LogP contribution >= 0.6 is 11.6 Å². The molecule has 7 nitrogen and oxygen atoms in total. The van der Waals surface area contributed by atoms with E-state index in [1.54, 1.807) is 44.6 Å².